The van der Waals surface area contributed by atoms with Crippen LogP contribution in [-0.4, -0.2) is 21.6 Å². The summed E-state index contributed by atoms with van der Waals surface area (Å²) in [6.07, 6.45) is -1.27. The largest absolute Gasteiger partial charge is 0.464 e. The Morgan fingerprint density at radius 2 is 1.93 bits per heavy atom. The van der Waals surface area contributed by atoms with Gasteiger partial charge in [-0.3, -0.25) is 4.79 Å². The second kappa shape index (κ2) is 5.21. The van der Waals surface area contributed by atoms with E-state index in [0.29, 0.717) is 5.01 Å². The number of nitrogens with zero attached hydrogens (tertiary/aromatic N) is 1. The van der Waals surface area contributed by atoms with Crippen LogP contribution in [0, 0.1) is 0 Å². The molecule has 0 aliphatic heterocycles. The molecular formula is C9H9ClN2O3. The van der Waals surface area contributed by atoms with E-state index in [0.717, 1.165) is 5.56 Å². The number of halogens is 1. The molecule has 0 aliphatic rings. The van der Waals surface area contributed by atoms with Gasteiger partial charge < -0.3 is 5.11 Å². The van der Waals surface area contributed by atoms with Crippen LogP contribution in [0.4, 0.5) is 9.59 Å². The standard InChI is InChI=1S/C9H9ClN2O3/c10-8(13)11-12(9(14)15)6-7-4-2-1-3-5-7/h1-5H,6H2,(H,11,13)(H,14,15). The van der Waals surface area contributed by atoms with Gasteiger partial charge in [0.25, 0.3) is 0 Å². The van der Waals surface area contributed by atoms with Crippen LogP contribution in [0.5, 0.6) is 0 Å². The van der Waals surface area contributed by atoms with Gasteiger partial charge in [0.1, 0.15) is 0 Å². The van der Waals surface area contributed by atoms with Gasteiger partial charge in [0.2, 0.25) is 0 Å². The number of hydrogen-bond donors (Lipinski definition) is 2. The number of carboxylic acid groups (broad SMARTS) is 1. The molecule has 1 rings (SSSR count). The van der Waals surface area contributed by atoms with Crippen molar-refractivity contribution in [3.63, 3.8) is 0 Å². The first-order valence-corrected chi connectivity index (χ1v) is 4.48. The summed E-state index contributed by atoms with van der Waals surface area (Å²) in [7, 11) is 0. The zero-order valence-electron chi connectivity index (χ0n) is 7.68. The van der Waals surface area contributed by atoms with Crippen molar-refractivity contribution in [2.75, 3.05) is 0 Å². The molecule has 5 nitrogen and oxygen atoms in total. The molecule has 0 aromatic heterocycles. The van der Waals surface area contributed by atoms with Gasteiger partial charge in [0.15, 0.2) is 0 Å². The van der Waals surface area contributed by atoms with Gasteiger partial charge in [0.05, 0.1) is 6.54 Å². The molecule has 0 radical (unpaired) electrons. The molecule has 1 aromatic rings. The number of carbonyl (C=O) groups excluding carboxylic acids is 1. The number of rotatable bonds is 2. The smallest absolute Gasteiger partial charge is 0.426 e. The highest BCUT2D eigenvalue weighted by molar-refractivity contribution is 6.62. The summed E-state index contributed by atoms with van der Waals surface area (Å²) in [6, 6.07) is 8.86. The number of carbonyl (C=O) groups is 2. The van der Waals surface area contributed by atoms with E-state index in [1.165, 1.54) is 0 Å². The van der Waals surface area contributed by atoms with E-state index in [2.05, 4.69) is 0 Å². The minimum Gasteiger partial charge on any atom is -0.464 e. The van der Waals surface area contributed by atoms with Crippen LogP contribution in [0.2, 0.25) is 0 Å². The molecule has 0 saturated carbocycles. The fourth-order valence-electron chi connectivity index (χ4n) is 1.03. The molecule has 0 unspecified atom stereocenters. The van der Waals surface area contributed by atoms with Crippen molar-refractivity contribution < 1.29 is 14.7 Å². The number of benzene rings is 1. The summed E-state index contributed by atoms with van der Waals surface area (Å²) in [5.41, 5.74) is 2.74. The Morgan fingerprint density at radius 3 is 2.40 bits per heavy atom. The Bertz CT molecular complexity index is 356. The fourth-order valence-corrected chi connectivity index (χ4v) is 1.13. The van der Waals surface area contributed by atoms with Crippen LogP contribution in [0.3, 0.4) is 0 Å². The predicted octanol–water partition coefficient (Wildman–Crippen LogP) is 2.03. The van der Waals surface area contributed by atoms with Crippen molar-refractivity contribution in [2.24, 2.45) is 0 Å². The van der Waals surface area contributed by atoms with Crippen LogP contribution in [0.15, 0.2) is 30.3 Å². The molecule has 0 heterocycles. The van der Waals surface area contributed by atoms with E-state index in [9.17, 15) is 9.59 Å². The Balaban J connectivity index is 2.67. The van der Waals surface area contributed by atoms with Crippen LogP contribution >= 0.6 is 11.6 Å². The lowest BCUT2D eigenvalue weighted by Gasteiger charge is -2.17. The molecule has 2 N–H and O–H groups in total. The van der Waals surface area contributed by atoms with E-state index in [1.807, 2.05) is 11.5 Å². The van der Waals surface area contributed by atoms with E-state index in [-0.39, 0.29) is 6.54 Å². The molecule has 2 amide bonds. The van der Waals surface area contributed by atoms with Crippen LogP contribution in [0.25, 0.3) is 0 Å². The molecule has 0 aliphatic carbocycles. The van der Waals surface area contributed by atoms with Crippen LogP contribution in [0.1, 0.15) is 5.56 Å². The molecule has 1 aromatic carbocycles. The summed E-state index contributed by atoms with van der Waals surface area (Å²) < 4.78 is 0. The number of hydrazine groups is 1. The van der Waals surface area contributed by atoms with E-state index in [1.54, 1.807) is 24.3 Å². The monoisotopic (exact) mass is 228 g/mol. The summed E-state index contributed by atoms with van der Waals surface area (Å²) in [5, 5.41) is 8.51. The van der Waals surface area contributed by atoms with Crippen LogP contribution in [-0.2, 0) is 6.54 Å². The van der Waals surface area contributed by atoms with Crippen LogP contribution < -0.4 is 5.43 Å². The maximum absolute atomic E-state index is 10.7. The zero-order valence-corrected chi connectivity index (χ0v) is 8.44. The van der Waals surface area contributed by atoms with Crippen molar-refractivity contribution in [3.05, 3.63) is 35.9 Å². The van der Waals surface area contributed by atoms with E-state index >= 15 is 0 Å². The quantitative estimate of drug-likeness (QED) is 0.462. The first-order valence-electron chi connectivity index (χ1n) is 4.10. The molecule has 6 heteroatoms. The van der Waals surface area contributed by atoms with Gasteiger partial charge in [-0.15, -0.1) is 0 Å². The average Bonchev–Trinajstić information content (AvgIpc) is 2.17. The number of hydrogen-bond acceptors (Lipinski definition) is 2. The molecule has 0 spiro atoms. The van der Waals surface area contributed by atoms with Crippen molar-refractivity contribution in [2.45, 2.75) is 6.54 Å². The lowest BCUT2D eigenvalue weighted by Crippen LogP contribution is -2.42. The third-order valence-corrected chi connectivity index (χ3v) is 1.72. The highest BCUT2D eigenvalue weighted by Crippen LogP contribution is 2.02. The van der Waals surface area contributed by atoms with E-state index < -0.39 is 11.5 Å². The maximum atomic E-state index is 10.7. The highest BCUT2D eigenvalue weighted by Gasteiger charge is 2.13. The van der Waals surface area contributed by atoms with E-state index in [4.69, 9.17) is 16.7 Å². The normalized spacial score (nSPS) is 9.40. The van der Waals surface area contributed by atoms with Gasteiger partial charge in [-0.2, -0.15) is 0 Å². The third kappa shape index (κ3) is 3.86. The van der Waals surface area contributed by atoms with Gasteiger partial charge in [0, 0.05) is 0 Å². The Hall–Kier alpha value is -1.75. The lowest BCUT2D eigenvalue weighted by molar-refractivity contribution is 0.123. The molecular weight excluding hydrogens is 220 g/mol. The van der Waals surface area contributed by atoms with Crippen molar-refractivity contribution in [3.8, 4) is 0 Å². The van der Waals surface area contributed by atoms with Gasteiger partial charge in [-0.05, 0) is 17.2 Å². The van der Waals surface area contributed by atoms with Gasteiger partial charge in [-0.25, -0.2) is 15.2 Å². The Kier molecular flexibility index (Phi) is 3.93. The van der Waals surface area contributed by atoms with Crippen molar-refractivity contribution >= 4 is 23.1 Å². The molecule has 0 atom stereocenters. The molecule has 0 saturated heterocycles. The Morgan fingerprint density at radius 1 is 1.33 bits per heavy atom. The average molecular weight is 229 g/mol. The number of amides is 2. The third-order valence-electron chi connectivity index (χ3n) is 1.64. The second-order valence-electron chi connectivity index (χ2n) is 2.74. The van der Waals surface area contributed by atoms with Crippen molar-refractivity contribution in [1.29, 1.82) is 0 Å². The maximum Gasteiger partial charge on any atom is 0.426 e. The summed E-state index contributed by atoms with van der Waals surface area (Å²) >= 11 is 5.03. The number of nitrogens with one attached hydrogen (secondary N) is 1. The predicted molar refractivity (Wildman–Crippen MR) is 54.4 cm³/mol. The first kappa shape index (κ1) is 11.3. The molecule has 15 heavy (non-hydrogen) atoms. The SMILES string of the molecule is O=C(Cl)NN(Cc1ccccc1)C(=O)O. The van der Waals surface area contributed by atoms with Gasteiger partial charge >= 0.3 is 11.5 Å². The second-order valence-corrected chi connectivity index (χ2v) is 3.08. The topological polar surface area (TPSA) is 69.6 Å². The zero-order chi connectivity index (χ0) is 11.3. The fraction of sp³-hybridized carbons (Fsp3) is 0.111. The summed E-state index contributed by atoms with van der Waals surface area (Å²) in [5.74, 6) is 0. The molecule has 0 bridgehead atoms. The highest BCUT2D eigenvalue weighted by atomic mass is 35.5. The van der Waals surface area contributed by atoms with Crippen molar-refractivity contribution in [1.82, 2.24) is 10.4 Å². The minimum atomic E-state index is -1.27. The summed E-state index contributed by atoms with van der Waals surface area (Å²) in [6.45, 7) is 0.0502. The lowest BCUT2D eigenvalue weighted by atomic mass is 10.2. The summed E-state index contributed by atoms with van der Waals surface area (Å²) in [4.78, 5) is 21.2. The molecule has 80 valence electrons. The van der Waals surface area contributed by atoms with Gasteiger partial charge in [-0.1, -0.05) is 30.3 Å². The minimum absolute atomic E-state index is 0.0502. The Labute approximate surface area is 91.2 Å². The first-order chi connectivity index (χ1) is 7.09. The molecule has 0 fully saturated rings.